The third-order valence-electron chi connectivity index (χ3n) is 6.55. The van der Waals surface area contributed by atoms with Gasteiger partial charge >= 0.3 is 0 Å². The average molecular weight is 546 g/mol. The molecule has 0 radical (unpaired) electrons. The van der Waals surface area contributed by atoms with Crippen LogP contribution < -0.4 is 0 Å². The van der Waals surface area contributed by atoms with Crippen molar-refractivity contribution in [1.82, 2.24) is 9.80 Å². The molecule has 0 aliphatic carbocycles. The summed E-state index contributed by atoms with van der Waals surface area (Å²) in [7, 11) is 0. The second-order valence-corrected chi connectivity index (χ2v) is 11.0. The molecule has 2 nitrogen and oxygen atoms in total. The number of thiophene rings is 1. The van der Waals surface area contributed by atoms with Gasteiger partial charge in [-0.3, -0.25) is 0 Å². The van der Waals surface area contributed by atoms with E-state index in [-0.39, 0.29) is 0 Å². The molecule has 0 saturated carbocycles. The van der Waals surface area contributed by atoms with E-state index in [1.807, 2.05) is 12.1 Å². The van der Waals surface area contributed by atoms with Gasteiger partial charge in [0.1, 0.15) is 0 Å². The minimum absolute atomic E-state index is 0.514. The summed E-state index contributed by atoms with van der Waals surface area (Å²) in [6.45, 7) is 13.9. The van der Waals surface area contributed by atoms with E-state index in [0.29, 0.717) is 15.1 Å². The van der Waals surface area contributed by atoms with Gasteiger partial charge in [0.2, 0.25) is 0 Å². The van der Waals surface area contributed by atoms with Crippen LogP contribution in [0.2, 0.25) is 15.1 Å². The minimum atomic E-state index is 0.514. The molecule has 3 aromatic carbocycles. The molecular weight excluding hydrogens is 515 g/mol. The van der Waals surface area contributed by atoms with Gasteiger partial charge in [-0.25, -0.2) is 0 Å². The first kappa shape index (κ1) is 26.3. The number of nitrogens with zero attached hydrogens (tertiary/aromatic N) is 2. The molecule has 0 bridgehead atoms. The lowest BCUT2D eigenvalue weighted by atomic mass is 10.1. The van der Waals surface area contributed by atoms with Crippen LogP contribution in [0.3, 0.4) is 0 Å². The van der Waals surface area contributed by atoms with Gasteiger partial charge in [-0.05, 0) is 67.0 Å². The molecule has 0 saturated heterocycles. The summed E-state index contributed by atoms with van der Waals surface area (Å²) in [6, 6.07) is 18.9. The zero-order valence-corrected chi connectivity index (χ0v) is 23.4. The summed E-state index contributed by atoms with van der Waals surface area (Å²) in [5.74, 6) is 0. The standard InChI is InChI=1S/C29H31Cl3N2S/c1-4-33(5-2)14-8-9-15-34(19-21-12-13-22-10-6-7-11-23(22)16-21)20(3)29-28(32)24-17-25(30)26(31)18-27(24)35-29/h6-7,10-13,16-18H,3-5,8-9,14-15,19H2,1-2H3. The highest BCUT2D eigenvalue weighted by molar-refractivity contribution is 7.20. The molecule has 0 spiro atoms. The Balaban J connectivity index is 1.60. The molecule has 0 atom stereocenters. The number of hydrogen-bond acceptors (Lipinski definition) is 3. The van der Waals surface area contributed by atoms with E-state index >= 15 is 0 Å². The average Bonchev–Trinajstić information content (AvgIpc) is 3.18. The molecule has 0 unspecified atom stereocenters. The molecule has 184 valence electrons. The van der Waals surface area contributed by atoms with Gasteiger partial charge in [0.15, 0.2) is 0 Å². The Morgan fingerprint density at radius 2 is 1.54 bits per heavy atom. The molecule has 4 rings (SSSR count). The van der Waals surface area contributed by atoms with Crippen LogP contribution in [0.25, 0.3) is 26.6 Å². The van der Waals surface area contributed by atoms with Crippen LogP contribution in [0.1, 0.15) is 37.1 Å². The molecular formula is C29H31Cl3N2S. The maximum atomic E-state index is 6.86. The Morgan fingerprint density at radius 3 is 2.29 bits per heavy atom. The molecule has 4 aromatic rings. The van der Waals surface area contributed by atoms with Gasteiger partial charge in [-0.15, -0.1) is 11.3 Å². The van der Waals surface area contributed by atoms with E-state index in [2.05, 4.69) is 72.7 Å². The van der Waals surface area contributed by atoms with E-state index in [0.717, 1.165) is 66.2 Å². The second kappa shape index (κ2) is 12.0. The highest BCUT2D eigenvalue weighted by Gasteiger charge is 2.19. The lowest BCUT2D eigenvalue weighted by molar-refractivity contribution is 0.286. The van der Waals surface area contributed by atoms with Crippen molar-refractivity contribution in [3.63, 3.8) is 0 Å². The molecule has 35 heavy (non-hydrogen) atoms. The van der Waals surface area contributed by atoms with E-state index in [4.69, 9.17) is 34.8 Å². The van der Waals surface area contributed by atoms with E-state index in [1.54, 1.807) is 11.3 Å². The van der Waals surface area contributed by atoms with Crippen molar-refractivity contribution in [3.8, 4) is 0 Å². The molecule has 1 aromatic heterocycles. The van der Waals surface area contributed by atoms with Gasteiger partial charge in [0.25, 0.3) is 0 Å². The summed E-state index contributed by atoms with van der Waals surface area (Å²) in [4.78, 5) is 5.81. The first-order valence-electron chi connectivity index (χ1n) is 12.1. The highest BCUT2D eigenvalue weighted by Crippen LogP contribution is 2.43. The number of hydrogen-bond donors (Lipinski definition) is 0. The van der Waals surface area contributed by atoms with E-state index < -0.39 is 0 Å². The minimum Gasteiger partial charge on any atom is -0.366 e. The van der Waals surface area contributed by atoms with Crippen LogP contribution in [-0.4, -0.2) is 36.0 Å². The Kier molecular flexibility index (Phi) is 9.02. The Bertz CT molecular complexity index is 1330. The summed E-state index contributed by atoms with van der Waals surface area (Å²) in [6.07, 6.45) is 2.23. The van der Waals surface area contributed by atoms with Crippen molar-refractivity contribution in [2.24, 2.45) is 0 Å². The van der Waals surface area contributed by atoms with Crippen molar-refractivity contribution in [1.29, 1.82) is 0 Å². The van der Waals surface area contributed by atoms with Crippen LogP contribution >= 0.6 is 46.1 Å². The fourth-order valence-electron chi connectivity index (χ4n) is 4.44. The van der Waals surface area contributed by atoms with E-state index in [9.17, 15) is 0 Å². The number of fused-ring (bicyclic) bond motifs is 2. The quantitative estimate of drug-likeness (QED) is 0.173. The zero-order chi connectivity index (χ0) is 24.9. The topological polar surface area (TPSA) is 6.48 Å². The Labute approximate surface area is 227 Å². The van der Waals surface area contributed by atoms with Crippen molar-refractivity contribution in [2.75, 3.05) is 26.2 Å². The first-order chi connectivity index (χ1) is 16.9. The third kappa shape index (κ3) is 6.15. The molecule has 0 aliphatic rings. The SMILES string of the molecule is C=C(c1sc2cc(Cl)c(Cl)cc2c1Cl)N(CCCCN(CC)CC)Cc1ccc2ccccc2c1. The smallest absolute Gasteiger partial charge is 0.0697 e. The van der Waals surface area contributed by atoms with Crippen molar-refractivity contribution in [3.05, 3.63) is 86.7 Å². The predicted octanol–water partition coefficient (Wildman–Crippen LogP) is 9.61. The number of rotatable bonds is 11. The van der Waals surface area contributed by atoms with Crippen molar-refractivity contribution >= 4 is 72.7 Å². The maximum Gasteiger partial charge on any atom is 0.0697 e. The van der Waals surface area contributed by atoms with Gasteiger partial charge in [-0.2, -0.15) is 0 Å². The number of unbranched alkanes of at least 4 members (excludes halogenated alkanes) is 1. The van der Waals surface area contributed by atoms with Crippen LogP contribution in [0, 0.1) is 0 Å². The predicted molar refractivity (Wildman–Crippen MR) is 157 cm³/mol. The largest absolute Gasteiger partial charge is 0.366 e. The zero-order valence-electron chi connectivity index (χ0n) is 20.3. The monoisotopic (exact) mass is 544 g/mol. The summed E-state index contributed by atoms with van der Waals surface area (Å²) in [5, 5.41) is 5.18. The fraction of sp³-hybridized carbons (Fsp3) is 0.310. The fourth-order valence-corrected chi connectivity index (χ4v) is 6.38. The number of halogens is 3. The van der Waals surface area contributed by atoms with Crippen LogP contribution in [-0.2, 0) is 6.54 Å². The maximum absolute atomic E-state index is 6.86. The van der Waals surface area contributed by atoms with Gasteiger partial charge in [0, 0.05) is 28.9 Å². The highest BCUT2D eigenvalue weighted by atomic mass is 35.5. The molecule has 0 fully saturated rings. The van der Waals surface area contributed by atoms with Crippen molar-refractivity contribution in [2.45, 2.75) is 33.2 Å². The molecule has 0 amide bonds. The van der Waals surface area contributed by atoms with Gasteiger partial charge in [-0.1, -0.05) is 91.6 Å². The van der Waals surface area contributed by atoms with Crippen LogP contribution in [0.5, 0.6) is 0 Å². The van der Waals surface area contributed by atoms with Gasteiger partial charge < -0.3 is 9.80 Å². The van der Waals surface area contributed by atoms with Crippen LogP contribution in [0.15, 0.2) is 61.2 Å². The molecule has 0 aliphatic heterocycles. The summed E-state index contributed by atoms with van der Waals surface area (Å²) < 4.78 is 1.02. The normalized spacial score (nSPS) is 11.6. The lowest BCUT2D eigenvalue weighted by Crippen LogP contribution is -2.26. The van der Waals surface area contributed by atoms with Crippen molar-refractivity contribution < 1.29 is 0 Å². The summed E-state index contributed by atoms with van der Waals surface area (Å²) in [5.41, 5.74) is 2.20. The third-order valence-corrected chi connectivity index (χ3v) is 8.98. The molecule has 6 heteroatoms. The lowest BCUT2D eigenvalue weighted by Gasteiger charge is -2.27. The van der Waals surface area contributed by atoms with Crippen LogP contribution in [0.4, 0.5) is 0 Å². The molecule has 1 heterocycles. The second-order valence-electron chi connectivity index (χ2n) is 8.79. The number of benzene rings is 3. The van der Waals surface area contributed by atoms with Gasteiger partial charge in [0.05, 0.1) is 19.9 Å². The molecule has 0 N–H and O–H groups in total. The summed E-state index contributed by atoms with van der Waals surface area (Å²) >= 11 is 21.0. The van der Waals surface area contributed by atoms with E-state index in [1.165, 1.54) is 16.3 Å². The first-order valence-corrected chi connectivity index (χ1v) is 14.1. The Morgan fingerprint density at radius 1 is 0.857 bits per heavy atom. The Hall–Kier alpha value is -1.75.